The predicted octanol–water partition coefficient (Wildman–Crippen LogP) is 4.59. The van der Waals surface area contributed by atoms with Gasteiger partial charge in [0.2, 0.25) is 0 Å². The summed E-state index contributed by atoms with van der Waals surface area (Å²) in [6.45, 7) is 0. The Labute approximate surface area is 105 Å². The van der Waals surface area contributed by atoms with Crippen LogP contribution in [0.25, 0.3) is 0 Å². The zero-order chi connectivity index (χ0) is 11.0. The van der Waals surface area contributed by atoms with E-state index in [-0.39, 0.29) is 0 Å². The molecule has 80 valence electrons. The topological polar surface area (TPSA) is 0 Å². The quantitative estimate of drug-likeness (QED) is 0.655. The highest BCUT2D eigenvalue weighted by Gasteiger charge is 2.15. The number of rotatable bonds is 0. The van der Waals surface area contributed by atoms with Crippen LogP contribution in [-0.4, -0.2) is 0 Å². The SMILES string of the molecule is Clc1cccc2c1CCc1ccccc1S2. The Bertz CT molecular complexity index is 534. The van der Waals surface area contributed by atoms with Crippen molar-refractivity contribution in [2.75, 3.05) is 0 Å². The summed E-state index contributed by atoms with van der Waals surface area (Å²) in [5, 5.41) is 0.901. The molecule has 2 aromatic rings. The Morgan fingerprint density at radius 2 is 1.69 bits per heavy atom. The fourth-order valence-corrected chi connectivity index (χ4v) is 3.56. The second kappa shape index (κ2) is 4.15. The maximum Gasteiger partial charge on any atom is 0.0449 e. The van der Waals surface area contributed by atoms with Gasteiger partial charge in [0.15, 0.2) is 0 Å². The lowest BCUT2D eigenvalue weighted by atomic mass is 10.0. The molecule has 2 aromatic carbocycles. The molecule has 0 unspecified atom stereocenters. The molecule has 1 aliphatic rings. The molecule has 0 aliphatic carbocycles. The molecule has 2 heteroatoms. The molecule has 1 aliphatic heterocycles. The Morgan fingerprint density at radius 3 is 2.62 bits per heavy atom. The van der Waals surface area contributed by atoms with Gasteiger partial charge >= 0.3 is 0 Å². The molecule has 0 atom stereocenters. The molecule has 0 bridgehead atoms. The van der Waals surface area contributed by atoms with Crippen molar-refractivity contribution in [3.63, 3.8) is 0 Å². The van der Waals surface area contributed by atoms with Crippen molar-refractivity contribution in [1.29, 1.82) is 0 Å². The highest BCUT2D eigenvalue weighted by molar-refractivity contribution is 7.99. The molecular weight excluding hydrogens is 236 g/mol. The Hall–Kier alpha value is -0.920. The summed E-state index contributed by atoms with van der Waals surface area (Å²) in [5.74, 6) is 0. The predicted molar refractivity (Wildman–Crippen MR) is 69.4 cm³/mol. The average Bonchev–Trinajstić information content (AvgIpc) is 2.48. The molecule has 0 fully saturated rings. The first-order valence-electron chi connectivity index (χ1n) is 5.38. The van der Waals surface area contributed by atoms with Gasteiger partial charge in [0.1, 0.15) is 0 Å². The third-order valence-electron chi connectivity index (χ3n) is 2.91. The molecule has 0 saturated carbocycles. The molecule has 0 aromatic heterocycles. The molecule has 0 spiro atoms. The fraction of sp³-hybridized carbons (Fsp3) is 0.143. The number of hydrogen-bond acceptors (Lipinski definition) is 1. The molecule has 0 N–H and O–H groups in total. The number of fused-ring (bicyclic) bond motifs is 2. The number of benzene rings is 2. The Morgan fingerprint density at radius 1 is 0.875 bits per heavy atom. The lowest BCUT2D eigenvalue weighted by Crippen LogP contribution is -1.91. The van der Waals surface area contributed by atoms with Gasteiger partial charge < -0.3 is 0 Å². The van der Waals surface area contributed by atoms with E-state index in [4.69, 9.17) is 11.6 Å². The third-order valence-corrected chi connectivity index (χ3v) is 4.49. The van der Waals surface area contributed by atoms with Crippen molar-refractivity contribution in [2.24, 2.45) is 0 Å². The van der Waals surface area contributed by atoms with E-state index in [0.29, 0.717) is 0 Å². The van der Waals surface area contributed by atoms with Gasteiger partial charge in [-0.25, -0.2) is 0 Å². The van der Waals surface area contributed by atoms with Crippen molar-refractivity contribution in [3.8, 4) is 0 Å². The van der Waals surface area contributed by atoms with Crippen molar-refractivity contribution in [1.82, 2.24) is 0 Å². The summed E-state index contributed by atoms with van der Waals surface area (Å²) in [4.78, 5) is 2.67. The maximum atomic E-state index is 6.24. The van der Waals surface area contributed by atoms with Crippen molar-refractivity contribution < 1.29 is 0 Å². The van der Waals surface area contributed by atoms with Crippen LogP contribution in [0, 0.1) is 0 Å². The maximum absolute atomic E-state index is 6.24. The van der Waals surface area contributed by atoms with Gasteiger partial charge in [-0.15, -0.1) is 0 Å². The Balaban J connectivity index is 2.12. The summed E-state index contributed by atoms with van der Waals surface area (Å²) in [6, 6.07) is 14.8. The van der Waals surface area contributed by atoms with Crippen LogP contribution in [0.3, 0.4) is 0 Å². The van der Waals surface area contributed by atoms with Crippen LogP contribution < -0.4 is 0 Å². The van der Waals surface area contributed by atoms with Crippen molar-refractivity contribution in [3.05, 3.63) is 58.6 Å². The van der Waals surface area contributed by atoms with Gasteiger partial charge in [0.25, 0.3) is 0 Å². The smallest absolute Gasteiger partial charge is 0.0449 e. The molecule has 0 saturated heterocycles. The second-order valence-corrected chi connectivity index (χ2v) is 5.42. The highest BCUT2D eigenvalue weighted by Crippen LogP contribution is 2.39. The van der Waals surface area contributed by atoms with Crippen LogP contribution in [0.1, 0.15) is 11.1 Å². The van der Waals surface area contributed by atoms with E-state index in [9.17, 15) is 0 Å². The van der Waals surface area contributed by atoms with Crippen molar-refractivity contribution in [2.45, 2.75) is 22.6 Å². The van der Waals surface area contributed by atoms with Gasteiger partial charge in [0, 0.05) is 14.8 Å². The molecule has 0 nitrogen and oxygen atoms in total. The summed E-state index contributed by atoms with van der Waals surface area (Å²) in [7, 11) is 0. The van der Waals surface area contributed by atoms with Crippen LogP contribution in [0.5, 0.6) is 0 Å². The van der Waals surface area contributed by atoms with Crippen molar-refractivity contribution >= 4 is 23.4 Å². The van der Waals surface area contributed by atoms with Crippen LogP contribution in [-0.2, 0) is 12.8 Å². The largest absolute Gasteiger partial charge is 0.0895 e. The summed E-state index contributed by atoms with van der Waals surface area (Å²) < 4.78 is 0. The van der Waals surface area contributed by atoms with Gasteiger partial charge in [0.05, 0.1) is 0 Å². The lowest BCUT2D eigenvalue weighted by molar-refractivity contribution is 0.928. The first-order valence-corrected chi connectivity index (χ1v) is 6.57. The first-order chi connectivity index (χ1) is 7.84. The van der Waals surface area contributed by atoms with Crippen LogP contribution in [0.2, 0.25) is 5.02 Å². The van der Waals surface area contributed by atoms with Crippen LogP contribution in [0.4, 0.5) is 0 Å². The van der Waals surface area contributed by atoms with E-state index in [0.717, 1.165) is 17.9 Å². The van der Waals surface area contributed by atoms with E-state index in [1.165, 1.54) is 20.9 Å². The van der Waals surface area contributed by atoms with Gasteiger partial charge in [-0.05, 0) is 42.2 Å². The third kappa shape index (κ3) is 1.74. The van der Waals surface area contributed by atoms with Gasteiger partial charge in [-0.1, -0.05) is 47.6 Å². The first kappa shape index (κ1) is 10.2. The number of halogens is 1. The van der Waals surface area contributed by atoms with Gasteiger partial charge in [-0.2, -0.15) is 0 Å². The molecule has 0 radical (unpaired) electrons. The molecule has 16 heavy (non-hydrogen) atoms. The summed E-state index contributed by atoms with van der Waals surface area (Å²) in [5.41, 5.74) is 2.73. The zero-order valence-electron chi connectivity index (χ0n) is 8.74. The highest BCUT2D eigenvalue weighted by atomic mass is 35.5. The van der Waals surface area contributed by atoms with E-state index >= 15 is 0 Å². The van der Waals surface area contributed by atoms with E-state index < -0.39 is 0 Å². The minimum absolute atomic E-state index is 0.901. The lowest BCUT2D eigenvalue weighted by Gasteiger charge is -2.06. The fourth-order valence-electron chi connectivity index (χ4n) is 2.07. The van der Waals surface area contributed by atoms with Crippen LogP contribution >= 0.6 is 23.4 Å². The van der Waals surface area contributed by atoms with E-state index in [1.807, 2.05) is 23.9 Å². The zero-order valence-corrected chi connectivity index (χ0v) is 10.3. The molecular formula is C14H11ClS. The van der Waals surface area contributed by atoms with Gasteiger partial charge in [-0.3, -0.25) is 0 Å². The standard InChI is InChI=1S/C14H11ClS/c15-12-5-3-7-14-11(12)9-8-10-4-1-2-6-13(10)16-14/h1-7H,8-9H2. The summed E-state index contributed by atoms with van der Waals surface area (Å²) >= 11 is 8.08. The Kier molecular flexibility index (Phi) is 2.66. The molecule has 0 amide bonds. The summed E-state index contributed by atoms with van der Waals surface area (Å²) in [6.07, 6.45) is 2.12. The molecule has 3 rings (SSSR count). The second-order valence-electron chi connectivity index (χ2n) is 3.93. The van der Waals surface area contributed by atoms with E-state index in [1.54, 1.807) is 0 Å². The van der Waals surface area contributed by atoms with Crippen LogP contribution in [0.15, 0.2) is 52.3 Å². The minimum atomic E-state index is 0.901. The number of hydrogen-bond donors (Lipinski definition) is 0. The monoisotopic (exact) mass is 246 g/mol. The number of aryl methyl sites for hydroxylation is 1. The van der Waals surface area contributed by atoms with E-state index in [2.05, 4.69) is 30.3 Å². The minimum Gasteiger partial charge on any atom is -0.0895 e. The molecule has 1 heterocycles. The normalized spacial score (nSPS) is 13.8. The average molecular weight is 247 g/mol.